The normalized spacial score (nSPS) is 15.2. The van der Waals surface area contributed by atoms with Gasteiger partial charge in [0.2, 0.25) is 0 Å². The Morgan fingerprint density at radius 2 is 1.73 bits per heavy atom. The summed E-state index contributed by atoms with van der Waals surface area (Å²) in [5.41, 5.74) is 2.22. The highest BCUT2D eigenvalue weighted by atomic mass is 16.1. The van der Waals surface area contributed by atoms with Gasteiger partial charge in [0.05, 0.1) is 12.4 Å². The first-order valence-electron chi connectivity index (χ1n) is 8.95. The second-order valence-corrected chi connectivity index (χ2v) is 6.88. The number of benzene rings is 1. The molecule has 0 saturated carbocycles. The van der Waals surface area contributed by atoms with Crippen LogP contribution in [0.1, 0.15) is 24.3 Å². The number of rotatable bonds is 5. The van der Waals surface area contributed by atoms with Crippen molar-refractivity contribution >= 4 is 23.1 Å². The van der Waals surface area contributed by atoms with Crippen molar-refractivity contribution in [3.05, 3.63) is 42.4 Å². The average Bonchev–Trinajstić information content (AvgIpc) is 2.63. The van der Waals surface area contributed by atoms with Gasteiger partial charge < -0.3 is 20.4 Å². The molecule has 1 aromatic carbocycles. The van der Waals surface area contributed by atoms with E-state index >= 15 is 0 Å². The summed E-state index contributed by atoms with van der Waals surface area (Å²) in [4.78, 5) is 25.4. The molecule has 2 heterocycles. The minimum Gasteiger partial charge on any atom is -0.369 e. The van der Waals surface area contributed by atoms with E-state index < -0.39 is 0 Å². The highest BCUT2D eigenvalue weighted by molar-refractivity contribution is 6.02. The number of hydrogen-bond donors (Lipinski definition) is 2. The van der Waals surface area contributed by atoms with E-state index in [1.807, 2.05) is 38.1 Å². The fraction of sp³-hybridized carbons (Fsp3) is 0.421. The molecule has 1 fully saturated rings. The molecule has 1 saturated heterocycles. The van der Waals surface area contributed by atoms with Crippen LogP contribution in [0.3, 0.4) is 0 Å². The van der Waals surface area contributed by atoms with E-state index in [1.54, 1.807) is 6.20 Å². The third-order valence-electron chi connectivity index (χ3n) is 4.31. The van der Waals surface area contributed by atoms with Crippen LogP contribution in [-0.4, -0.2) is 60.0 Å². The van der Waals surface area contributed by atoms with Crippen molar-refractivity contribution in [1.82, 2.24) is 14.9 Å². The van der Waals surface area contributed by atoms with Crippen molar-refractivity contribution < 1.29 is 4.79 Å². The number of nitrogens with zero attached hydrogens (tertiary/aromatic N) is 4. The fourth-order valence-electron chi connectivity index (χ4n) is 2.83. The maximum Gasteiger partial charge on any atom is 0.275 e. The Bertz CT molecular complexity index is 721. The van der Waals surface area contributed by atoms with E-state index in [9.17, 15) is 4.79 Å². The molecule has 2 N–H and O–H groups in total. The number of nitrogens with one attached hydrogen (secondary N) is 2. The highest BCUT2D eigenvalue weighted by Gasteiger charge is 2.14. The minimum absolute atomic E-state index is 0.263. The fourth-order valence-corrected chi connectivity index (χ4v) is 2.83. The van der Waals surface area contributed by atoms with Crippen LogP contribution in [0.5, 0.6) is 0 Å². The first-order chi connectivity index (χ1) is 12.5. The lowest BCUT2D eigenvalue weighted by Gasteiger charge is -2.34. The molecular formula is C19H26N6O. The molecule has 1 aliphatic rings. The third kappa shape index (κ3) is 4.70. The summed E-state index contributed by atoms with van der Waals surface area (Å²) in [6, 6.07) is 8.20. The van der Waals surface area contributed by atoms with Gasteiger partial charge in [0.1, 0.15) is 11.5 Å². The molecule has 1 aliphatic heterocycles. The maximum atomic E-state index is 12.3. The Balaban J connectivity index is 1.59. The molecule has 7 nitrogen and oxygen atoms in total. The van der Waals surface area contributed by atoms with Crippen molar-refractivity contribution in [2.75, 3.05) is 48.8 Å². The van der Waals surface area contributed by atoms with Crippen LogP contribution in [-0.2, 0) is 0 Å². The highest BCUT2D eigenvalue weighted by Crippen LogP contribution is 2.19. The summed E-state index contributed by atoms with van der Waals surface area (Å²) in [5, 5.41) is 6.01. The lowest BCUT2D eigenvalue weighted by Crippen LogP contribution is -2.44. The van der Waals surface area contributed by atoms with Crippen LogP contribution in [0.2, 0.25) is 0 Å². The van der Waals surface area contributed by atoms with Gasteiger partial charge in [-0.3, -0.25) is 4.79 Å². The summed E-state index contributed by atoms with van der Waals surface area (Å²) in [6.45, 7) is 8.23. The monoisotopic (exact) mass is 354 g/mol. The molecule has 3 rings (SSSR count). The van der Waals surface area contributed by atoms with Gasteiger partial charge >= 0.3 is 0 Å². The molecule has 0 atom stereocenters. The van der Waals surface area contributed by atoms with Gasteiger partial charge in [0, 0.05) is 43.6 Å². The molecule has 26 heavy (non-hydrogen) atoms. The summed E-state index contributed by atoms with van der Waals surface area (Å²) < 4.78 is 0. The van der Waals surface area contributed by atoms with Crippen LogP contribution in [0.25, 0.3) is 0 Å². The zero-order valence-corrected chi connectivity index (χ0v) is 15.6. The van der Waals surface area contributed by atoms with Crippen molar-refractivity contribution in [3.8, 4) is 0 Å². The smallest absolute Gasteiger partial charge is 0.275 e. The quantitative estimate of drug-likeness (QED) is 0.858. The lowest BCUT2D eigenvalue weighted by molar-refractivity contribution is 0.102. The molecule has 0 aliphatic carbocycles. The molecule has 0 radical (unpaired) electrons. The SMILES string of the molecule is CC(C)Nc1cnc(C(=O)Nc2ccc(N3CCN(C)CC3)cc2)cn1. The molecule has 0 spiro atoms. The Labute approximate surface area is 154 Å². The largest absolute Gasteiger partial charge is 0.369 e. The predicted molar refractivity (Wildman–Crippen MR) is 105 cm³/mol. The van der Waals surface area contributed by atoms with Gasteiger partial charge in [0.15, 0.2) is 0 Å². The van der Waals surface area contributed by atoms with Crippen LogP contribution in [0.15, 0.2) is 36.7 Å². The molecular weight excluding hydrogens is 328 g/mol. The van der Waals surface area contributed by atoms with Crippen LogP contribution in [0, 0.1) is 0 Å². The first-order valence-corrected chi connectivity index (χ1v) is 8.95. The van der Waals surface area contributed by atoms with E-state index in [4.69, 9.17) is 0 Å². The Morgan fingerprint density at radius 1 is 1.04 bits per heavy atom. The number of piperazine rings is 1. The lowest BCUT2D eigenvalue weighted by atomic mass is 10.2. The second kappa shape index (κ2) is 8.14. The molecule has 1 amide bonds. The van der Waals surface area contributed by atoms with Gasteiger partial charge in [-0.25, -0.2) is 9.97 Å². The number of likely N-dealkylation sites (N-methyl/N-ethyl adjacent to an activating group) is 1. The molecule has 138 valence electrons. The number of carbonyl (C=O) groups excluding carboxylic acids is 1. The number of anilines is 3. The van der Waals surface area contributed by atoms with Crippen LogP contribution >= 0.6 is 0 Å². The number of hydrogen-bond acceptors (Lipinski definition) is 6. The average molecular weight is 354 g/mol. The number of carbonyl (C=O) groups is 1. The standard InChI is InChI=1S/C19H26N6O/c1-14(2)22-18-13-20-17(12-21-18)19(26)23-15-4-6-16(7-5-15)25-10-8-24(3)9-11-25/h4-7,12-14H,8-11H2,1-3H3,(H,21,22)(H,23,26). The van der Waals surface area contributed by atoms with Crippen LogP contribution in [0.4, 0.5) is 17.2 Å². The Morgan fingerprint density at radius 3 is 2.31 bits per heavy atom. The molecule has 0 unspecified atom stereocenters. The molecule has 1 aromatic heterocycles. The van der Waals surface area contributed by atoms with Crippen molar-refractivity contribution in [3.63, 3.8) is 0 Å². The van der Waals surface area contributed by atoms with E-state index in [1.165, 1.54) is 11.9 Å². The first kappa shape index (κ1) is 18.1. The zero-order chi connectivity index (χ0) is 18.5. The van der Waals surface area contributed by atoms with E-state index in [0.29, 0.717) is 11.5 Å². The Kier molecular flexibility index (Phi) is 5.68. The minimum atomic E-state index is -0.263. The molecule has 0 bridgehead atoms. The summed E-state index contributed by atoms with van der Waals surface area (Å²) in [5.74, 6) is 0.397. The van der Waals surface area contributed by atoms with Crippen molar-refractivity contribution in [2.45, 2.75) is 19.9 Å². The van der Waals surface area contributed by atoms with Gasteiger partial charge in [0.25, 0.3) is 5.91 Å². The topological polar surface area (TPSA) is 73.4 Å². The summed E-state index contributed by atoms with van der Waals surface area (Å²) in [6.07, 6.45) is 3.06. The predicted octanol–water partition coefficient (Wildman–Crippen LogP) is 2.30. The Hall–Kier alpha value is -2.67. The third-order valence-corrected chi connectivity index (χ3v) is 4.31. The maximum absolute atomic E-state index is 12.3. The van der Waals surface area contributed by atoms with Gasteiger partial charge in [-0.15, -0.1) is 0 Å². The number of aromatic nitrogens is 2. The van der Waals surface area contributed by atoms with E-state index in [2.05, 4.69) is 37.4 Å². The van der Waals surface area contributed by atoms with Gasteiger partial charge in [-0.2, -0.15) is 0 Å². The van der Waals surface area contributed by atoms with Crippen LogP contribution < -0.4 is 15.5 Å². The number of amides is 1. The summed E-state index contributed by atoms with van der Waals surface area (Å²) >= 11 is 0. The van der Waals surface area contributed by atoms with E-state index in [0.717, 1.165) is 31.9 Å². The van der Waals surface area contributed by atoms with Gasteiger partial charge in [-0.05, 0) is 45.2 Å². The van der Waals surface area contributed by atoms with Crippen molar-refractivity contribution in [1.29, 1.82) is 0 Å². The molecule has 2 aromatic rings. The van der Waals surface area contributed by atoms with E-state index in [-0.39, 0.29) is 11.9 Å². The van der Waals surface area contributed by atoms with Gasteiger partial charge in [-0.1, -0.05) is 0 Å². The summed E-state index contributed by atoms with van der Waals surface area (Å²) in [7, 11) is 2.14. The van der Waals surface area contributed by atoms with Crippen molar-refractivity contribution in [2.24, 2.45) is 0 Å². The molecule has 7 heteroatoms. The second-order valence-electron chi connectivity index (χ2n) is 6.88. The zero-order valence-electron chi connectivity index (χ0n) is 15.6.